The molecular weight excluding hydrogens is 338 g/mol. The van der Waals surface area contributed by atoms with Crippen molar-refractivity contribution >= 4 is 17.3 Å². The standard InChI is InChI=1S/C18H21N3O5/c1-13-3-5-15(26-13)12-19(2)18(22)16-11-14(21(23)24)4-6-17(16)20-7-9-25-10-8-20/h3-6,11H,7-10,12H2,1-2H3. The molecule has 1 aromatic carbocycles. The number of amides is 1. The molecule has 1 aliphatic heterocycles. The van der Waals surface area contributed by atoms with E-state index in [4.69, 9.17) is 9.15 Å². The zero-order chi connectivity index (χ0) is 18.7. The summed E-state index contributed by atoms with van der Waals surface area (Å²) in [6, 6.07) is 8.06. The van der Waals surface area contributed by atoms with Gasteiger partial charge in [-0.2, -0.15) is 0 Å². The quantitative estimate of drug-likeness (QED) is 0.602. The van der Waals surface area contributed by atoms with Crippen molar-refractivity contribution in [3.8, 4) is 0 Å². The van der Waals surface area contributed by atoms with Crippen LogP contribution >= 0.6 is 0 Å². The topological polar surface area (TPSA) is 89.1 Å². The summed E-state index contributed by atoms with van der Waals surface area (Å²) in [6.07, 6.45) is 0. The van der Waals surface area contributed by atoms with Crippen molar-refractivity contribution in [2.24, 2.45) is 0 Å². The number of non-ortho nitro benzene ring substituents is 1. The number of hydrogen-bond acceptors (Lipinski definition) is 6. The van der Waals surface area contributed by atoms with Crippen molar-refractivity contribution in [1.82, 2.24) is 4.90 Å². The fraction of sp³-hybridized carbons (Fsp3) is 0.389. The molecule has 2 heterocycles. The van der Waals surface area contributed by atoms with Gasteiger partial charge in [-0.25, -0.2) is 0 Å². The van der Waals surface area contributed by atoms with Crippen LogP contribution in [0.3, 0.4) is 0 Å². The van der Waals surface area contributed by atoms with E-state index in [1.807, 2.05) is 24.0 Å². The molecule has 2 aromatic rings. The maximum absolute atomic E-state index is 13.0. The van der Waals surface area contributed by atoms with Crippen LogP contribution in [-0.4, -0.2) is 49.1 Å². The molecule has 1 aromatic heterocycles. The third-order valence-electron chi connectivity index (χ3n) is 4.31. The molecule has 1 fully saturated rings. The molecule has 1 aliphatic rings. The van der Waals surface area contributed by atoms with Gasteiger partial charge in [-0.05, 0) is 25.1 Å². The molecular formula is C18H21N3O5. The van der Waals surface area contributed by atoms with Crippen molar-refractivity contribution in [2.45, 2.75) is 13.5 Å². The van der Waals surface area contributed by atoms with Gasteiger partial charge in [0, 0.05) is 32.3 Å². The lowest BCUT2D eigenvalue weighted by molar-refractivity contribution is -0.384. The minimum Gasteiger partial charge on any atom is -0.464 e. The Morgan fingerprint density at radius 3 is 2.62 bits per heavy atom. The predicted molar refractivity (Wildman–Crippen MR) is 95.4 cm³/mol. The molecule has 1 saturated heterocycles. The first kappa shape index (κ1) is 17.9. The highest BCUT2D eigenvalue weighted by Crippen LogP contribution is 2.28. The second-order valence-corrected chi connectivity index (χ2v) is 6.23. The van der Waals surface area contributed by atoms with E-state index in [9.17, 15) is 14.9 Å². The third-order valence-corrected chi connectivity index (χ3v) is 4.31. The van der Waals surface area contributed by atoms with E-state index in [-0.39, 0.29) is 18.1 Å². The lowest BCUT2D eigenvalue weighted by atomic mass is 10.1. The van der Waals surface area contributed by atoms with Crippen LogP contribution in [0.5, 0.6) is 0 Å². The number of nitrogens with zero attached hydrogens (tertiary/aromatic N) is 3. The van der Waals surface area contributed by atoms with Gasteiger partial charge >= 0.3 is 0 Å². The highest BCUT2D eigenvalue weighted by Gasteiger charge is 2.24. The summed E-state index contributed by atoms with van der Waals surface area (Å²) in [5.41, 5.74) is 0.894. The Balaban J connectivity index is 1.90. The molecule has 0 aliphatic carbocycles. The Morgan fingerprint density at radius 2 is 2.00 bits per heavy atom. The Kier molecular flexibility index (Phi) is 5.22. The number of ether oxygens (including phenoxy) is 1. The molecule has 0 spiro atoms. The van der Waals surface area contributed by atoms with Crippen LogP contribution in [0.15, 0.2) is 34.7 Å². The molecule has 0 unspecified atom stereocenters. The van der Waals surface area contributed by atoms with E-state index in [0.29, 0.717) is 43.3 Å². The first-order chi connectivity index (χ1) is 12.5. The summed E-state index contributed by atoms with van der Waals surface area (Å²) in [6.45, 7) is 4.52. The Hall–Kier alpha value is -2.87. The maximum Gasteiger partial charge on any atom is 0.270 e. The molecule has 138 valence electrons. The van der Waals surface area contributed by atoms with Gasteiger partial charge in [0.05, 0.1) is 35.9 Å². The predicted octanol–water partition coefficient (Wildman–Crippen LogP) is 2.61. The number of aryl methyl sites for hydroxylation is 1. The van der Waals surface area contributed by atoms with Gasteiger partial charge < -0.3 is 19.0 Å². The number of carbonyl (C=O) groups excluding carboxylic acids is 1. The Bertz CT molecular complexity index is 811. The minimum atomic E-state index is -0.490. The third kappa shape index (κ3) is 3.85. The number of morpholine rings is 1. The molecule has 8 nitrogen and oxygen atoms in total. The van der Waals surface area contributed by atoms with E-state index in [0.717, 1.165) is 5.76 Å². The summed E-state index contributed by atoms with van der Waals surface area (Å²) in [4.78, 5) is 27.2. The number of hydrogen-bond donors (Lipinski definition) is 0. The molecule has 1 amide bonds. The largest absolute Gasteiger partial charge is 0.464 e. The zero-order valence-electron chi connectivity index (χ0n) is 14.8. The second-order valence-electron chi connectivity index (χ2n) is 6.23. The van der Waals surface area contributed by atoms with Crippen LogP contribution in [0, 0.1) is 17.0 Å². The van der Waals surface area contributed by atoms with Gasteiger partial charge in [0.15, 0.2) is 0 Å². The molecule has 0 N–H and O–H groups in total. The number of nitro benzene ring substituents is 1. The smallest absolute Gasteiger partial charge is 0.270 e. The average Bonchev–Trinajstić information content (AvgIpc) is 3.06. The summed E-state index contributed by atoms with van der Waals surface area (Å²) in [7, 11) is 1.65. The van der Waals surface area contributed by atoms with E-state index in [2.05, 4.69) is 0 Å². The van der Waals surface area contributed by atoms with E-state index < -0.39 is 4.92 Å². The van der Waals surface area contributed by atoms with Crippen LogP contribution in [0.25, 0.3) is 0 Å². The summed E-state index contributed by atoms with van der Waals surface area (Å²) in [5, 5.41) is 11.2. The van der Waals surface area contributed by atoms with Crippen LogP contribution in [0.4, 0.5) is 11.4 Å². The molecule has 0 bridgehead atoms. The number of furan rings is 1. The molecule has 8 heteroatoms. The number of anilines is 1. The van der Waals surface area contributed by atoms with Crippen molar-refractivity contribution in [1.29, 1.82) is 0 Å². The minimum absolute atomic E-state index is 0.104. The van der Waals surface area contributed by atoms with E-state index in [1.54, 1.807) is 13.1 Å². The summed E-state index contributed by atoms with van der Waals surface area (Å²) < 4.78 is 10.9. The normalized spacial score (nSPS) is 14.3. The van der Waals surface area contributed by atoms with Gasteiger partial charge in [-0.3, -0.25) is 14.9 Å². The highest BCUT2D eigenvalue weighted by molar-refractivity contribution is 6.00. The number of rotatable bonds is 5. The number of nitro groups is 1. The van der Waals surface area contributed by atoms with Crippen LogP contribution < -0.4 is 4.90 Å². The van der Waals surface area contributed by atoms with E-state index >= 15 is 0 Å². The fourth-order valence-corrected chi connectivity index (χ4v) is 2.97. The lowest BCUT2D eigenvalue weighted by Gasteiger charge is -2.31. The van der Waals surface area contributed by atoms with Gasteiger partial charge in [0.1, 0.15) is 11.5 Å². The van der Waals surface area contributed by atoms with Gasteiger partial charge in [0.25, 0.3) is 11.6 Å². The van der Waals surface area contributed by atoms with Crippen molar-refractivity contribution in [3.63, 3.8) is 0 Å². The average molecular weight is 359 g/mol. The molecule has 26 heavy (non-hydrogen) atoms. The lowest BCUT2D eigenvalue weighted by Crippen LogP contribution is -2.38. The van der Waals surface area contributed by atoms with Crippen molar-refractivity contribution in [2.75, 3.05) is 38.3 Å². The SMILES string of the molecule is Cc1ccc(CN(C)C(=O)c2cc([N+](=O)[O-])ccc2N2CCOCC2)o1. The van der Waals surface area contributed by atoms with Gasteiger partial charge in [-0.1, -0.05) is 0 Å². The van der Waals surface area contributed by atoms with Crippen LogP contribution in [0.1, 0.15) is 21.9 Å². The van der Waals surface area contributed by atoms with Crippen molar-refractivity contribution < 1.29 is 18.9 Å². The summed E-state index contributed by atoms with van der Waals surface area (Å²) >= 11 is 0. The highest BCUT2D eigenvalue weighted by atomic mass is 16.6. The Morgan fingerprint density at radius 1 is 1.27 bits per heavy atom. The monoisotopic (exact) mass is 359 g/mol. The molecule has 0 saturated carbocycles. The van der Waals surface area contributed by atoms with E-state index in [1.165, 1.54) is 17.0 Å². The number of benzene rings is 1. The van der Waals surface area contributed by atoms with Crippen molar-refractivity contribution in [3.05, 3.63) is 57.5 Å². The fourth-order valence-electron chi connectivity index (χ4n) is 2.97. The van der Waals surface area contributed by atoms with Gasteiger partial charge in [-0.15, -0.1) is 0 Å². The second kappa shape index (κ2) is 7.57. The molecule has 3 rings (SSSR count). The first-order valence-electron chi connectivity index (χ1n) is 8.37. The Labute approximate surface area is 151 Å². The molecule has 0 atom stereocenters. The van der Waals surface area contributed by atoms with Crippen LogP contribution in [-0.2, 0) is 11.3 Å². The summed E-state index contributed by atoms with van der Waals surface area (Å²) in [5.74, 6) is 1.14. The molecule has 0 radical (unpaired) electrons. The first-order valence-corrected chi connectivity index (χ1v) is 8.37. The maximum atomic E-state index is 13.0. The number of carbonyl (C=O) groups is 1. The van der Waals surface area contributed by atoms with Crippen LogP contribution in [0.2, 0.25) is 0 Å². The zero-order valence-corrected chi connectivity index (χ0v) is 14.8. The van der Waals surface area contributed by atoms with Gasteiger partial charge in [0.2, 0.25) is 0 Å².